The van der Waals surface area contributed by atoms with Crippen LogP contribution in [0.4, 0.5) is 9.18 Å². The minimum absolute atomic E-state index is 0.202. The number of amides is 1. The number of Topliss-reactive ketones (excluding diaryl/α,β-unsaturated/α-hetero) is 1. The third-order valence-electron chi connectivity index (χ3n) is 4.62. The van der Waals surface area contributed by atoms with Gasteiger partial charge in [0.25, 0.3) is 0 Å². The fourth-order valence-corrected chi connectivity index (χ4v) is 3.31. The van der Waals surface area contributed by atoms with Gasteiger partial charge in [0.1, 0.15) is 18.0 Å². The molecule has 2 rings (SSSR count). The second-order valence-electron chi connectivity index (χ2n) is 6.28. The Hall–Kier alpha value is -2.44. The van der Waals surface area contributed by atoms with E-state index in [0.29, 0.717) is 24.9 Å². The highest BCUT2D eigenvalue weighted by Gasteiger charge is 2.36. The summed E-state index contributed by atoms with van der Waals surface area (Å²) in [5.41, 5.74) is 0.477. The molecule has 1 aliphatic heterocycles. The zero-order valence-electron chi connectivity index (χ0n) is 15.1. The average Bonchev–Trinajstić information content (AvgIpc) is 2.63. The first-order valence-corrected chi connectivity index (χ1v) is 8.72. The van der Waals surface area contributed by atoms with Crippen molar-refractivity contribution >= 4 is 17.8 Å². The zero-order chi connectivity index (χ0) is 19.1. The first kappa shape index (κ1) is 19.9. The van der Waals surface area contributed by atoms with Crippen LogP contribution in [0.25, 0.3) is 0 Å². The van der Waals surface area contributed by atoms with Crippen molar-refractivity contribution in [3.8, 4) is 0 Å². The molecule has 0 saturated carbocycles. The molecule has 0 spiro atoms. The third-order valence-corrected chi connectivity index (χ3v) is 4.62. The summed E-state index contributed by atoms with van der Waals surface area (Å²) >= 11 is 0. The van der Waals surface area contributed by atoms with E-state index in [1.165, 1.54) is 18.1 Å². The number of benzene rings is 1. The number of halogens is 1. The van der Waals surface area contributed by atoms with Gasteiger partial charge in [0.05, 0.1) is 13.7 Å². The number of ether oxygens (including phenoxy) is 2. The molecule has 2 unspecified atom stereocenters. The second-order valence-corrected chi connectivity index (χ2v) is 6.28. The predicted molar refractivity (Wildman–Crippen MR) is 92.0 cm³/mol. The number of likely N-dealkylation sites (tertiary alicyclic amines) is 1. The summed E-state index contributed by atoms with van der Waals surface area (Å²) < 4.78 is 23.6. The van der Waals surface area contributed by atoms with Gasteiger partial charge < -0.3 is 14.4 Å². The second kappa shape index (κ2) is 9.31. The largest absolute Gasteiger partial charge is 0.466 e. The monoisotopic (exact) mass is 365 g/mol. The zero-order valence-corrected chi connectivity index (χ0v) is 15.1. The van der Waals surface area contributed by atoms with Gasteiger partial charge in [0, 0.05) is 18.5 Å². The number of carbonyl (C=O) groups excluding carboxylic acids is 3. The maximum atomic E-state index is 14.0. The highest BCUT2D eigenvalue weighted by atomic mass is 19.1. The lowest BCUT2D eigenvalue weighted by Crippen LogP contribution is -2.48. The Labute approximate surface area is 152 Å². The van der Waals surface area contributed by atoms with E-state index in [1.807, 2.05) is 0 Å². The molecule has 6 nitrogen and oxygen atoms in total. The molecule has 1 heterocycles. The summed E-state index contributed by atoms with van der Waals surface area (Å²) in [7, 11) is 1.29. The van der Waals surface area contributed by atoms with Crippen LogP contribution >= 0.6 is 0 Å². The first-order valence-electron chi connectivity index (χ1n) is 8.72. The summed E-state index contributed by atoms with van der Waals surface area (Å²) in [5, 5.41) is 0. The molecule has 1 saturated heterocycles. The topological polar surface area (TPSA) is 72.9 Å². The van der Waals surface area contributed by atoms with Gasteiger partial charge in [-0.15, -0.1) is 0 Å². The van der Waals surface area contributed by atoms with Gasteiger partial charge in [0.2, 0.25) is 0 Å². The van der Waals surface area contributed by atoms with Crippen molar-refractivity contribution in [3.05, 3.63) is 35.6 Å². The number of nitrogens with zero attached hydrogens (tertiary/aromatic N) is 1. The van der Waals surface area contributed by atoms with E-state index in [9.17, 15) is 18.8 Å². The summed E-state index contributed by atoms with van der Waals surface area (Å²) in [5.74, 6) is -1.46. The van der Waals surface area contributed by atoms with Gasteiger partial charge >= 0.3 is 12.1 Å². The summed E-state index contributed by atoms with van der Waals surface area (Å²) in [6, 6.07) is 5.99. The molecule has 0 bridgehead atoms. The van der Waals surface area contributed by atoms with Crippen LogP contribution in [0.1, 0.15) is 31.7 Å². The van der Waals surface area contributed by atoms with Crippen LogP contribution in [0.5, 0.6) is 0 Å². The highest BCUT2D eigenvalue weighted by molar-refractivity contribution is 5.96. The molecule has 0 N–H and O–H groups in total. The Morgan fingerprint density at radius 1 is 1.27 bits per heavy atom. The maximum absolute atomic E-state index is 14.0. The molecular weight excluding hydrogens is 341 g/mol. The number of esters is 1. The molecule has 0 radical (unpaired) electrons. The Balaban J connectivity index is 2.11. The van der Waals surface area contributed by atoms with Crippen molar-refractivity contribution in [2.75, 3.05) is 20.3 Å². The molecular formula is C19H24FNO5. The maximum Gasteiger partial charge on any atom is 0.409 e. The number of ketones is 1. The standard InChI is InChI=1S/C19H24FNO5/c1-3-26-18(23)12-17(22)14-8-9-21(19(24)25-2)15(11-14)10-13-6-4-5-7-16(13)20/h4-7,14-15H,3,8-12H2,1-2H3. The number of hydrogen-bond donors (Lipinski definition) is 0. The molecule has 1 amide bonds. The van der Waals surface area contributed by atoms with E-state index in [4.69, 9.17) is 9.47 Å². The van der Waals surface area contributed by atoms with Crippen molar-refractivity contribution in [1.29, 1.82) is 0 Å². The molecule has 26 heavy (non-hydrogen) atoms. The van der Waals surface area contributed by atoms with E-state index < -0.39 is 12.1 Å². The van der Waals surface area contributed by atoms with Crippen LogP contribution in [-0.4, -0.2) is 49.0 Å². The number of rotatable bonds is 6. The smallest absolute Gasteiger partial charge is 0.409 e. The number of carbonyl (C=O) groups is 3. The number of methoxy groups -OCH3 is 1. The fraction of sp³-hybridized carbons (Fsp3) is 0.526. The molecule has 142 valence electrons. The Kier molecular flexibility index (Phi) is 7.12. The van der Waals surface area contributed by atoms with Crippen LogP contribution in [0, 0.1) is 11.7 Å². The van der Waals surface area contributed by atoms with Crippen molar-refractivity contribution < 1.29 is 28.2 Å². The van der Waals surface area contributed by atoms with Gasteiger partial charge in [-0.1, -0.05) is 18.2 Å². The van der Waals surface area contributed by atoms with Gasteiger partial charge in [-0.2, -0.15) is 0 Å². The van der Waals surface area contributed by atoms with E-state index in [2.05, 4.69) is 0 Å². The average molecular weight is 365 g/mol. The lowest BCUT2D eigenvalue weighted by Gasteiger charge is -2.38. The molecule has 1 aromatic carbocycles. The van der Waals surface area contributed by atoms with Crippen molar-refractivity contribution in [1.82, 2.24) is 4.90 Å². The summed E-state index contributed by atoms with van der Waals surface area (Å²) in [6.45, 7) is 2.23. The van der Waals surface area contributed by atoms with Gasteiger partial charge in [0.15, 0.2) is 0 Å². The van der Waals surface area contributed by atoms with Crippen LogP contribution in [0.15, 0.2) is 24.3 Å². The molecule has 1 aliphatic rings. The number of hydrogen-bond acceptors (Lipinski definition) is 5. The Bertz CT molecular complexity index is 663. The van der Waals surface area contributed by atoms with Gasteiger partial charge in [-0.3, -0.25) is 9.59 Å². The van der Waals surface area contributed by atoms with E-state index in [0.717, 1.165) is 0 Å². The first-order chi connectivity index (χ1) is 12.5. The molecule has 7 heteroatoms. The van der Waals surface area contributed by atoms with Crippen molar-refractivity contribution in [2.24, 2.45) is 5.92 Å². The van der Waals surface area contributed by atoms with Crippen LogP contribution in [0.2, 0.25) is 0 Å². The minimum Gasteiger partial charge on any atom is -0.466 e. The van der Waals surface area contributed by atoms with E-state index in [-0.39, 0.29) is 43.0 Å². The minimum atomic E-state index is -0.543. The van der Waals surface area contributed by atoms with Crippen LogP contribution < -0.4 is 0 Å². The molecule has 1 aromatic rings. The molecule has 2 atom stereocenters. The van der Waals surface area contributed by atoms with Gasteiger partial charge in [-0.25, -0.2) is 9.18 Å². The lowest BCUT2D eigenvalue weighted by molar-refractivity contribution is -0.146. The van der Waals surface area contributed by atoms with E-state index >= 15 is 0 Å². The SMILES string of the molecule is CCOC(=O)CC(=O)C1CCN(C(=O)OC)C(Cc2ccccc2F)C1. The predicted octanol–water partition coefficient (Wildman–Crippen LogP) is 2.74. The molecule has 0 aromatic heterocycles. The molecule has 0 aliphatic carbocycles. The van der Waals surface area contributed by atoms with Crippen molar-refractivity contribution in [3.63, 3.8) is 0 Å². The number of piperidine rings is 1. The summed E-state index contributed by atoms with van der Waals surface area (Å²) in [6.07, 6.45) is 0.319. The third kappa shape index (κ3) is 5.03. The quantitative estimate of drug-likeness (QED) is 0.572. The Morgan fingerprint density at radius 3 is 2.65 bits per heavy atom. The normalized spacial score (nSPS) is 19.7. The van der Waals surface area contributed by atoms with E-state index in [1.54, 1.807) is 25.1 Å². The highest BCUT2D eigenvalue weighted by Crippen LogP contribution is 2.28. The lowest BCUT2D eigenvalue weighted by atomic mass is 9.84. The molecule has 1 fully saturated rings. The van der Waals surface area contributed by atoms with Gasteiger partial charge in [-0.05, 0) is 37.8 Å². The van der Waals surface area contributed by atoms with Crippen LogP contribution in [0.3, 0.4) is 0 Å². The fourth-order valence-electron chi connectivity index (χ4n) is 3.31. The van der Waals surface area contributed by atoms with Crippen molar-refractivity contribution in [2.45, 2.75) is 38.6 Å². The van der Waals surface area contributed by atoms with Crippen LogP contribution in [-0.2, 0) is 25.5 Å². The summed E-state index contributed by atoms with van der Waals surface area (Å²) in [4.78, 5) is 37.5. The Morgan fingerprint density at radius 2 is 2.00 bits per heavy atom.